The highest BCUT2D eigenvalue weighted by molar-refractivity contribution is 6.32. The second-order valence-electron chi connectivity index (χ2n) is 6.66. The summed E-state index contributed by atoms with van der Waals surface area (Å²) in [5, 5.41) is 11.0. The molecule has 0 aliphatic carbocycles. The maximum Gasteiger partial charge on any atom is 0.0691 e. The van der Waals surface area contributed by atoms with Gasteiger partial charge in [-0.2, -0.15) is 0 Å². The van der Waals surface area contributed by atoms with Crippen molar-refractivity contribution in [1.82, 2.24) is 0 Å². The monoisotopic (exact) mass is 330 g/mol. The van der Waals surface area contributed by atoms with Gasteiger partial charge in [0.25, 0.3) is 0 Å². The molecule has 2 rings (SSSR count). The van der Waals surface area contributed by atoms with E-state index in [9.17, 15) is 5.11 Å². The molecule has 2 heteroatoms. The van der Waals surface area contributed by atoms with Gasteiger partial charge < -0.3 is 5.11 Å². The lowest BCUT2D eigenvalue weighted by Gasteiger charge is -2.27. The lowest BCUT2D eigenvalue weighted by Crippen LogP contribution is -2.10. The highest BCUT2D eigenvalue weighted by Gasteiger charge is 2.25. The third kappa shape index (κ3) is 3.32. The molecule has 0 aliphatic heterocycles. The lowest BCUT2D eigenvalue weighted by atomic mass is 9.80. The molecule has 2 aromatic carbocycles. The first-order chi connectivity index (χ1) is 10.9. The molecule has 0 atom stereocenters. The molecule has 0 aromatic heterocycles. The van der Waals surface area contributed by atoms with Gasteiger partial charge in [0, 0.05) is 5.02 Å². The van der Waals surface area contributed by atoms with Gasteiger partial charge in [-0.05, 0) is 51.6 Å². The molecule has 0 aliphatic rings. The number of aliphatic hydroxyl groups is 1. The summed E-state index contributed by atoms with van der Waals surface area (Å²) in [5.41, 5.74) is 6.91. The summed E-state index contributed by atoms with van der Waals surface area (Å²) in [4.78, 5) is 0. The average Bonchev–Trinajstić information content (AvgIpc) is 2.53. The van der Waals surface area contributed by atoms with E-state index in [0.29, 0.717) is 5.92 Å². The fourth-order valence-corrected chi connectivity index (χ4v) is 4.21. The van der Waals surface area contributed by atoms with Crippen LogP contribution in [0.25, 0.3) is 11.1 Å². The SMILES string of the molecule is CCc1c(-c2ccccc2)c(CO)c(C(C)C)c(Cl)c1C(C)C. The maximum absolute atomic E-state index is 10.1. The predicted octanol–water partition coefficient (Wildman–Crippen LogP) is 6.31. The standard InChI is InChI=1S/C21H27ClO/c1-6-16-18(13(2)3)21(22)19(14(4)5)17(12-23)20(16)15-10-8-7-9-11-15/h7-11,13-14,23H,6,12H2,1-5H3. The van der Waals surface area contributed by atoms with Crippen LogP contribution in [0.4, 0.5) is 0 Å². The van der Waals surface area contributed by atoms with Gasteiger partial charge in [0.1, 0.15) is 0 Å². The first-order valence-corrected chi connectivity index (χ1v) is 8.84. The van der Waals surface area contributed by atoms with Crippen molar-refractivity contribution in [3.63, 3.8) is 0 Å². The van der Waals surface area contributed by atoms with E-state index >= 15 is 0 Å². The van der Waals surface area contributed by atoms with E-state index in [2.05, 4.69) is 58.9 Å². The third-order valence-corrected chi connectivity index (χ3v) is 4.86. The summed E-state index contributed by atoms with van der Waals surface area (Å²) >= 11 is 6.81. The zero-order chi connectivity index (χ0) is 17.1. The second-order valence-corrected chi connectivity index (χ2v) is 7.04. The molecule has 1 nitrogen and oxygen atoms in total. The molecule has 0 unspecified atom stereocenters. The van der Waals surface area contributed by atoms with E-state index in [4.69, 9.17) is 11.6 Å². The first-order valence-electron chi connectivity index (χ1n) is 8.47. The lowest BCUT2D eigenvalue weighted by molar-refractivity contribution is 0.280. The van der Waals surface area contributed by atoms with Crippen LogP contribution in [0.15, 0.2) is 30.3 Å². The van der Waals surface area contributed by atoms with Gasteiger partial charge in [-0.1, -0.05) is 76.6 Å². The second kappa shape index (κ2) is 7.51. The minimum absolute atomic E-state index is 0.0167. The third-order valence-electron chi connectivity index (χ3n) is 4.46. The van der Waals surface area contributed by atoms with Crippen LogP contribution in [0.3, 0.4) is 0 Å². The quantitative estimate of drug-likeness (QED) is 0.681. The van der Waals surface area contributed by atoms with Crippen LogP contribution in [0.1, 0.15) is 68.7 Å². The molecular weight excluding hydrogens is 304 g/mol. The number of rotatable bonds is 5. The van der Waals surface area contributed by atoms with Crippen molar-refractivity contribution in [2.45, 2.75) is 59.5 Å². The van der Waals surface area contributed by atoms with Crippen molar-refractivity contribution in [1.29, 1.82) is 0 Å². The Morgan fingerprint density at radius 2 is 1.43 bits per heavy atom. The van der Waals surface area contributed by atoms with Gasteiger partial charge in [-0.15, -0.1) is 0 Å². The van der Waals surface area contributed by atoms with Crippen molar-refractivity contribution in [3.05, 3.63) is 57.6 Å². The van der Waals surface area contributed by atoms with E-state index in [1.54, 1.807) is 0 Å². The highest BCUT2D eigenvalue weighted by atomic mass is 35.5. The van der Waals surface area contributed by atoms with E-state index in [0.717, 1.165) is 28.1 Å². The molecule has 0 saturated heterocycles. The number of aliphatic hydroxyl groups excluding tert-OH is 1. The van der Waals surface area contributed by atoms with Gasteiger partial charge in [0.05, 0.1) is 6.61 Å². The Hall–Kier alpha value is -1.31. The summed E-state index contributed by atoms with van der Waals surface area (Å²) in [5.74, 6) is 0.626. The van der Waals surface area contributed by atoms with Gasteiger partial charge >= 0.3 is 0 Å². The van der Waals surface area contributed by atoms with E-state index in [-0.39, 0.29) is 12.5 Å². The van der Waals surface area contributed by atoms with Gasteiger partial charge in [-0.3, -0.25) is 0 Å². The Morgan fingerprint density at radius 3 is 1.87 bits per heavy atom. The predicted molar refractivity (Wildman–Crippen MR) is 100 cm³/mol. The minimum atomic E-state index is 0.0167. The fraction of sp³-hybridized carbons (Fsp3) is 0.429. The first kappa shape index (κ1) is 18.0. The Balaban J connectivity index is 2.98. The molecule has 23 heavy (non-hydrogen) atoms. The number of hydrogen-bond acceptors (Lipinski definition) is 1. The molecule has 0 saturated carbocycles. The number of hydrogen-bond donors (Lipinski definition) is 1. The van der Waals surface area contributed by atoms with Crippen molar-refractivity contribution in [2.24, 2.45) is 0 Å². The van der Waals surface area contributed by atoms with Crippen LogP contribution in [-0.2, 0) is 13.0 Å². The van der Waals surface area contributed by atoms with E-state index < -0.39 is 0 Å². The summed E-state index contributed by atoms with van der Waals surface area (Å²) in [6.07, 6.45) is 0.906. The fourth-order valence-electron chi connectivity index (χ4n) is 3.55. The molecule has 0 radical (unpaired) electrons. The molecule has 1 N–H and O–H groups in total. The zero-order valence-electron chi connectivity index (χ0n) is 14.8. The summed E-state index contributed by atoms with van der Waals surface area (Å²) in [7, 11) is 0. The van der Waals surface area contributed by atoms with E-state index in [1.807, 2.05) is 6.07 Å². The van der Waals surface area contributed by atoms with Gasteiger partial charge in [0.2, 0.25) is 0 Å². The summed E-state index contributed by atoms with van der Waals surface area (Å²) < 4.78 is 0. The number of benzene rings is 2. The topological polar surface area (TPSA) is 20.2 Å². The average molecular weight is 331 g/mol. The molecule has 0 bridgehead atoms. The highest BCUT2D eigenvalue weighted by Crippen LogP contribution is 2.44. The minimum Gasteiger partial charge on any atom is -0.392 e. The van der Waals surface area contributed by atoms with Crippen LogP contribution < -0.4 is 0 Å². The molecule has 124 valence electrons. The van der Waals surface area contributed by atoms with Crippen LogP contribution >= 0.6 is 11.6 Å². The zero-order valence-corrected chi connectivity index (χ0v) is 15.5. The largest absolute Gasteiger partial charge is 0.392 e. The molecule has 2 aromatic rings. The molecule has 0 spiro atoms. The van der Waals surface area contributed by atoms with Crippen LogP contribution in [0.2, 0.25) is 5.02 Å². The molecular formula is C21H27ClO. The summed E-state index contributed by atoms with van der Waals surface area (Å²) in [6, 6.07) is 10.4. The molecule has 0 heterocycles. The number of halogens is 1. The van der Waals surface area contributed by atoms with Crippen molar-refractivity contribution < 1.29 is 5.11 Å². The maximum atomic E-state index is 10.1. The van der Waals surface area contributed by atoms with Crippen LogP contribution in [0.5, 0.6) is 0 Å². The van der Waals surface area contributed by atoms with Crippen LogP contribution in [0, 0.1) is 0 Å². The Bertz CT molecular complexity index is 635. The smallest absolute Gasteiger partial charge is 0.0691 e. The Morgan fingerprint density at radius 1 is 0.913 bits per heavy atom. The Kier molecular flexibility index (Phi) is 5.89. The van der Waals surface area contributed by atoms with Gasteiger partial charge in [-0.25, -0.2) is 0 Å². The summed E-state index contributed by atoms with van der Waals surface area (Å²) in [6.45, 7) is 10.9. The van der Waals surface area contributed by atoms with Crippen molar-refractivity contribution >= 4 is 11.6 Å². The van der Waals surface area contributed by atoms with Gasteiger partial charge in [0.15, 0.2) is 0 Å². The normalized spacial score (nSPS) is 11.5. The molecule has 0 fully saturated rings. The van der Waals surface area contributed by atoms with E-state index in [1.165, 1.54) is 16.7 Å². The molecule has 0 amide bonds. The van der Waals surface area contributed by atoms with Crippen LogP contribution in [-0.4, -0.2) is 5.11 Å². The van der Waals surface area contributed by atoms with Crippen molar-refractivity contribution in [2.75, 3.05) is 0 Å². The van der Waals surface area contributed by atoms with Crippen molar-refractivity contribution in [3.8, 4) is 11.1 Å². The Labute approximate surface area is 145 Å².